The lowest BCUT2D eigenvalue weighted by atomic mass is 9.98. The average Bonchev–Trinajstić information content (AvgIpc) is 2.62. The largest absolute Gasteiger partial charge is 0.394 e. The molecular weight excluding hydrogens is 273 g/mol. The number of hydrogen-bond acceptors (Lipinski definition) is 6. The third-order valence-corrected chi connectivity index (χ3v) is 3.19. The second kappa shape index (κ2) is 5.27. The first kappa shape index (κ1) is 14.6. The van der Waals surface area contributed by atoms with Gasteiger partial charge in [0.25, 0.3) is 0 Å². The average molecular weight is 287 g/mol. The van der Waals surface area contributed by atoms with E-state index in [9.17, 15) is 19.1 Å². The quantitative estimate of drug-likeness (QED) is 0.599. The van der Waals surface area contributed by atoms with E-state index in [0.29, 0.717) is 6.41 Å². The zero-order chi connectivity index (χ0) is 14.9. The Kier molecular flexibility index (Phi) is 3.84. The van der Waals surface area contributed by atoms with Crippen molar-refractivity contribution in [2.75, 3.05) is 11.9 Å². The van der Waals surface area contributed by atoms with Gasteiger partial charge in [-0.05, 0) is 13.0 Å². The van der Waals surface area contributed by atoms with Crippen LogP contribution in [0.4, 0.5) is 10.2 Å². The summed E-state index contributed by atoms with van der Waals surface area (Å²) in [5, 5.41) is 20.9. The Hall–Kier alpha value is -1.84. The standard InChI is InChI=1S/C11H14FN3O5/c1-11(12)8(18)6(4-16)20-9(11)15-3-2-7(13-5-17)14-10(15)19/h2-3,5-6,8-9,16,18H,4H2,1H3,(H,13,14,17,19)/t6?,8-,9?,11-/m1/s1. The molecule has 2 heterocycles. The molecule has 0 aliphatic carbocycles. The number of anilines is 1. The first-order chi connectivity index (χ1) is 9.41. The molecule has 0 radical (unpaired) electrons. The van der Waals surface area contributed by atoms with Crippen molar-refractivity contribution in [3.05, 3.63) is 22.7 Å². The Morgan fingerprint density at radius 2 is 2.40 bits per heavy atom. The molecule has 1 aliphatic heterocycles. The van der Waals surface area contributed by atoms with E-state index in [1.807, 2.05) is 0 Å². The van der Waals surface area contributed by atoms with Crippen LogP contribution >= 0.6 is 0 Å². The van der Waals surface area contributed by atoms with Gasteiger partial charge in [0.1, 0.15) is 18.0 Å². The van der Waals surface area contributed by atoms with Crippen LogP contribution in [-0.2, 0) is 9.53 Å². The lowest BCUT2D eigenvalue weighted by molar-refractivity contribution is -0.105. The van der Waals surface area contributed by atoms with Crippen LogP contribution < -0.4 is 11.0 Å². The number of hydrogen-bond donors (Lipinski definition) is 3. The Balaban J connectivity index is 2.37. The number of alkyl halides is 1. The van der Waals surface area contributed by atoms with E-state index in [-0.39, 0.29) is 5.82 Å². The smallest absolute Gasteiger partial charge is 0.351 e. The normalized spacial score (nSPS) is 33.1. The summed E-state index contributed by atoms with van der Waals surface area (Å²) in [6.07, 6.45) is -2.58. The molecule has 110 valence electrons. The fraction of sp³-hybridized carbons (Fsp3) is 0.545. The molecule has 2 unspecified atom stereocenters. The molecule has 20 heavy (non-hydrogen) atoms. The van der Waals surface area contributed by atoms with Gasteiger partial charge in [-0.2, -0.15) is 4.98 Å². The number of aliphatic hydroxyl groups excluding tert-OH is 2. The van der Waals surface area contributed by atoms with E-state index in [2.05, 4.69) is 10.3 Å². The predicted molar refractivity (Wildman–Crippen MR) is 64.7 cm³/mol. The minimum atomic E-state index is -2.27. The number of halogens is 1. The van der Waals surface area contributed by atoms with Crippen LogP contribution in [0.1, 0.15) is 13.2 Å². The Labute approximate surface area is 112 Å². The first-order valence-electron chi connectivity index (χ1n) is 5.84. The van der Waals surface area contributed by atoms with E-state index >= 15 is 0 Å². The molecule has 8 nitrogen and oxygen atoms in total. The molecule has 0 aromatic carbocycles. The third-order valence-electron chi connectivity index (χ3n) is 3.19. The van der Waals surface area contributed by atoms with Gasteiger partial charge >= 0.3 is 5.69 Å². The molecule has 3 N–H and O–H groups in total. The van der Waals surface area contributed by atoms with Crippen LogP contribution in [0.3, 0.4) is 0 Å². The SMILES string of the molecule is C[C@]1(F)C(n2ccc(NC=O)nc2=O)OC(CO)[C@H]1O. The molecule has 0 bridgehead atoms. The maximum absolute atomic E-state index is 14.5. The number of aromatic nitrogens is 2. The molecular formula is C11H14FN3O5. The number of ether oxygens (including phenoxy) is 1. The van der Waals surface area contributed by atoms with Crippen LogP contribution in [0.2, 0.25) is 0 Å². The Morgan fingerprint density at radius 3 is 2.90 bits per heavy atom. The molecule has 4 atom stereocenters. The van der Waals surface area contributed by atoms with Gasteiger partial charge in [0.2, 0.25) is 6.41 Å². The minimum Gasteiger partial charge on any atom is -0.394 e. The van der Waals surface area contributed by atoms with Gasteiger partial charge in [-0.1, -0.05) is 0 Å². The molecule has 1 aromatic rings. The number of amides is 1. The van der Waals surface area contributed by atoms with Crippen molar-refractivity contribution in [1.82, 2.24) is 9.55 Å². The number of carbonyl (C=O) groups excluding carboxylic acids is 1. The van der Waals surface area contributed by atoms with E-state index in [1.165, 1.54) is 12.3 Å². The second-order valence-corrected chi connectivity index (χ2v) is 4.57. The molecule has 9 heteroatoms. The van der Waals surface area contributed by atoms with Crippen molar-refractivity contribution in [3.63, 3.8) is 0 Å². The summed E-state index contributed by atoms with van der Waals surface area (Å²) >= 11 is 0. The predicted octanol–water partition coefficient (Wildman–Crippen LogP) is -1.21. The van der Waals surface area contributed by atoms with E-state index in [1.54, 1.807) is 0 Å². The maximum atomic E-state index is 14.5. The summed E-state index contributed by atoms with van der Waals surface area (Å²) in [7, 11) is 0. The van der Waals surface area contributed by atoms with Crippen LogP contribution in [0.25, 0.3) is 0 Å². The summed E-state index contributed by atoms with van der Waals surface area (Å²) in [5.74, 6) is 0.0130. The summed E-state index contributed by atoms with van der Waals surface area (Å²) in [5.41, 5.74) is -3.12. The van der Waals surface area contributed by atoms with E-state index in [4.69, 9.17) is 9.84 Å². The van der Waals surface area contributed by atoms with Crippen molar-refractivity contribution in [2.45, 2.75) is 31.0 Å². The molecule has 1 aromatic heterocycles. The first-order valence-corrected chi connectivity index (χ1v) is 5.84. The minimum absolute atomic E-state index is 0.0130. The summed E-state index contributed by atoms with van der Waals surface area (Å²) in [6, 6.07) is 1.29. The van der Waals surface area contributed by atoms with Crippen LogP contribution in [0.15, 0.2) is 17.1 Å². The highest BCUT2D eigenvalue weighted by molar-refractivity contribution is 5.68. The van der Waals surface area contributed by atoms with Crippen molar-refractivity contribution in [2.24, 2.45) is 0 Å². The fourth-order valence-electron chi connectivity index (χ4n) is 2.09. The van der Waals surface area contributed by atoms with Gasteiger partial charge in [-0.15, -0.1) is 0 Å². The fourth-order valence-corrected chi connectivity index (χ4v) is 2.09. The Morgan fingerprint density at radius 1 is 1.70 bits per heavy atom. The highest BCUT2D eigenvalue weighted by atomic mass is 19.1. The second-order valence-electron chi connectivity index (χ2n) is 4.57. The van der Waals surface area contributed by atoms with Crippen molar-refractivity contribution in [1.29, 1.82) is 0 Å². The molecule has 1 fully saturated rings. The zero-order valence-corrected chi connectivity index (χ0v) is 10.6. The van der Waals surface area contributed by atoms with E-state index < -0.39 is 36.4 Å². The highest BCUT2D eigenvalue weighted by Gasteiger charge is 2.55. The molecule has 1 amide bonds. The lowest BCUT2D eigenvalue weighted by Crippen LogP contribution is -2.42. The Bertz CT molecular complexity index is 561. The summed E-state index contributed by atoms with van der Waals surface area (Å²) in [6.45, 7) is 0.492. The van der Waals surface area contributed by atoms with Crippen molar-refractivity contribution in [3.8, 4) is 0 Å². The number of rotatable bonds is 4. The highest BCUT2D eigenvalue weighted by Crippen LogP contribution is 2.40. The van der Waals surface area contributed by atoms with Gasteiger partial charge in [0.15, 0.2) is 11.9 Å². The number of nitrogens with zero attached hydrogens (tertiary/aromatic N) is 2. The molecule has 1 aliphatic rings. The number of aliphatic hydroxyl groups is 2. The van der Waals surface area contributed by atoms with E-state index in [0.717, 1.165) is 11.5 Å². The van der Waals surface area contributed by atoms with Gasteiger partial charge < -0.3 is 20.3 Å². The van der Waals surface area contributed by atoms with Gasteiger partial charge in [-0.25, -0.2) is 9.18 Å². The van der Waals surface area contributed by atoms with Gasteiger partial charge in [0.05, 0.1) is 6.61 Å². The van der Waals surface area contributed by atoms with Crippen LogP contribution in [-0.4, -0.2) is 50.7 Å². The lowest BCUT2D eigenvalue weighted by Gasteiger charge is -2.24. The topological polar surface area (TPSA) is 114 Å². The maximum Gasteiger partial charge on any atom is 0.351 e. The van der Waals surface area contributed by atoms with Gasteiger partial charge in [0, 0.05) is 6.20 Å². The van der Waals surface area contributed by atoms with Crippen LogP contribution in [0.5, 0.6) is 0 Å². The molecule has 0 spiro atoms. The zero-order valence-electron chi connectivity index (χ0n) is 10.6. The van der Waals surface area contributed by atoms with Crippen LogP contribution in [0, 0.1) is 0 Å². The molecule has 2 rings (SSSR count). The summed E-state index contributed by atoms with van der Waals surface area (Å²) in [4.78, 5) is 25.6. The monoisotopic (exact) mass is 287 g/mol. The van der Waals surface area contributed by atoms with Gasteiger partial charge in [-0.3, -0.25) is 9.36 Å². The van der Waals surface area contributed by atoms with Crippen molar-refractivity contribution >= 4 is 12.2 Å². The number of carbonyl (C=O) groups is 1. The summed E-state index contributed by atoms with van der Waals surface area (Å²) < 4.78 is 20.5. The van der Waals surface area contributed by atoms with Crippen molar-refractivity contribution < 1.29 is 24.1 Å². The number of nitrogens with one attached hydrogen (secondary N) is 1. The molecule has 1 saturated heterocycles. The molecule has 0 saturated carbocycles. The third kappa shape index (κ3) is 2.30.